The highest BCUT2D eigenvalue weighted by atomic mass is 32.2. The molecule has 10 nitrogen and oxygen atoms in total. The van der Waals surface area contributed by atoms with E-state index in [1.165, 1.54) is 25.6 Å². The number of primary sulfonamides is 1. The minimum Gasteiger partial charge on any atom is -0.496 e. The van der Waals surface area contributed by atoms with Gasteiger partial charge >= 0.3 is 0 Å². The Morgan fingerprint density at radius 1 is 1.29 bits per heavy atom. The Labute approximate surface area is 159 Å². The van der Waals surface area contributed by atoms with Gasteiger partial charge in [-0.3, -0.25) is 5.10 Å². The van der Waals surface area contributed by atoms with Crippen LogP contribution in [-0.4, -0.2) is 35.7 Å². The van der Waals surface area contributed by atoms with Crippen LogP contribution in [0.3, 0.4) is 0 Å². The number of nitrogens with zero attached hydrogens (tertiary/aromatic N) is 3. The standard InChI is InChI=1S/C17H16N6O4S/c1-26-12-5-4-11(28(18,24)25)7-10(12)8-19-16-14-15(13-3-2-6-27-13)22-23-17(14)21-9-20-16/h2-7,9H,8H2,1H3,(H2,18,24,25)(H2,19,20,21,22,23). The summed E-state index contributed by atoms with van der Waals surface area (Å²) in [6, 6.07) is 7.97. The van der Waals surface area contributed by atoms with Gasteiger partial charge < -0.3 is 14.5 Å². The van der Waals surface area contributed by atoms with Crippen molar-refractivity contribution in [2.45, 2.75) is 11.4 Å². The van der Waals surface area contributed by atoms with E-state index in [4.69, 9.17) is 14.3 Å². The molecule has 4 rings (SSSR count). The quantitative estimate of drug-likeness (QED) is 0.444. The van der Waals surface area contributed by atoms with Crippen LogP contribution in [0.5, 0.6) is 5.75 Å². The first kappa shape index (κ1) is 17.9. The number of anilines is 1. The molecule has 3 aromatic heterocycles. The van der Waals surface area contributed by atoms with E-state index in [-0.39, 0.29) is 11.4 Å². The van der Waals surface area contributed by atoms with E-state index in [1.54, 1.807) is 24.5 Å². The number of hydrogen-bond donors (Lipinski definition) is 3. The van der Waals surface area contributed by atoms with Crippen molar-refractivity contribution in [2.24, 2.45) is 5.14 Å². The van der Waals surface area contributed by atoms with Gasteiger partial charge in [0.15, 0.2) is 11.4 Å². The largest absolute Gasteiger partial charge is 0.496 e. The fraction of sp³-hybridized carbons (Fsp3) is 0.118. The number of nitrogens with two attached hydrogens (primary N) is 1. The number of rotatable bonds is 6. The molecule has 0 saturated carbocycles. The molecule has 1 aromatic carbocycles. The Morgan fingerprint density at radius 3 is 2.86 bits per heavy atom. The maximum Gasteiger partial charge on any atom is 0.238 e. The van der Waals surface area contributed by atoms with E-state index < -0.39 is 10.0 Å². The number of hydrogen-bond acceptors (Lipinski definition) is 8. The van der Waals surface area contributed by atoms with Crippen LogP contribution >= 0.6 is 0 Å². The molecule has 0 fully saturated rings. The number of ether oxygens (including phenoxy) is 1. The molecule has 144 valence electrons. The Balaban J connectivity index is 1.71. The van der Waals surface area contributed by atoms with Gasteiger partial charge in [-0.25, -0.2) is 23.5 Å². The summed E-state index contributed by atoms with van der Waals surface area (Å²) in [6.07, 6.45) is 2.94. The van der Waals surface area contributed by atoms with Gasteiger partial charge in [-0.15, -0.1) is 0 Å². The van der Waals surface area contributed by atoms with Gasteiger partial charge in [-0.2, -0.15) is 5.10 Å². The second kappa shape index (κ2) is 6.94. The van der Waals surface area contributed by atoms with Crippen molar-refractivity contribution in [1.29, 1.82) is 0 Å². The van der Waals surface area contributed by atoms with Crippen LogP contribution in [-0.2, 0) is 16.6 Å². The Bertz CT molecular complexity index is 1230. The summed E-state index contributed by atoms with van der Waals surface area (Å²) in [5.74, 6) is 1.62. The number of H-pyrrole nitrogens is 1. The van der Waals surface area contributed by atoms with Crippen molar-refractivity contribution >= 4 is 26.9 Å². The summed E-state index contributed by atoms with van der Waals surface area (Å²) in [7, 11) is -2.33. The lowest BCUT2D eigenvalue weighted by Gasteiger charge is -2.12. The lowest BCUT2D eigenvalue weighted by molar-refractivity contribution is 0.410. The van der Waals surface area contributed by atoms with E-state index >= 15 is 0 Å². The number of aromatic amines is 1. The van der Waals surface area contributed by atoms with E-state index in [0.717, 1.165) is 0 Å². The van der Waals surface area contributed by atoms with Crippen LogP contribution in [0.15, 0.2) is 52.2 Å². The van der Waals surface area contributed by atoms with Gasteiger partial charge in [0.1, 0.15) is 23.6 Å². The number of benzene rings is 1. The van der Waals surface area contributed by atoms with Crippen molar-refractivity contribution in [2.75, 3.05) is 12.4 Å². The van der Waals surface area contributed by atoms with E-state index in [9.17, 15) is 8.42 Å². The van der Waals surface area contributed by atoms with Crippen LogP contribution in [0.25, 0.3) is 22.5 Å². The molecule has 28 heavy (non-hydrogen) atoms. The van der Waals surface area contributed by atoms with Crippen LogP contribution < -0.4 is 15.2 Å². The van der Waals surface area contributed by atoms with Crippen LogP contribution in [0, 0.1) is 0 Å². The van der Waals surface area contributed by atoms with E-state index in [2.05, 4.69) is 25.5 Å². The van der Waals surface area contributed by atoms with Gasteiger partial charge in [0.2, 0.25) is 10.0 Å². The molecule has 4 aromatic rings. The molecule has 3 heterocycles. The molecular weight excluding hydrogens is 384 g/mol. The highest BCUT2D eigenvalue weighted by molar-refractivity contribution is 7.89. The Kier molecular flexibility index (Phi) is 4.45. The fourth-order valence-electron chi connectivity index (χ4n) is 2.84. The normalized spacial score (nSPS) is 11.6. The molecule has 0 aliphatic carbocycles. The average molecular weight is 400 g/mol. The number of nitrogens with one attached hydrogen (secondary N) is 2. The van der Waals surface area contributed by atoms with Gasteiger partial charge in [0, 0.05) is 12.1 Å². The minimum atomic E-state index is -3.83. The minimum absolute atomic E-state index is 0.00230. The highest BCUT2D eigenvalue weighted by Gasteiger charge is 2.17. The van der Waals surface area contributed by atoms with Crippen LogP contribution in [0.1, 0.15) is 5.56 Å². The lowest BCUT2D eigenvalue weighted by Crippen LogP contribution is -2.13. The van der Waals surface area contributed by atoms with Crippen molar-refractivity contribution in [3.63, 3.8) is 0 Å². The molecule has 0 saturated heterocycles. The molecule has 0 atom stereocenters. The number of fused-ring (bicyclic) bond motifs is 1. The summed E-state index contributed by atoms with van der Waals surface area (Å²) in [5, 5.41) is 16.1. The van der Waals surface area contributed by atoms with Crippen molar-refractivity contribution < 1.29 is 17.6 Å². The third-order valence-corrected chi connectivity index (χ3v) is 5.06. The maximum absolute atomic E-state index is 11.6. The molecule has 0 amide bonds. The first-order chi connectivity index (χ1) is 13.5. The summed E-state index contributed by atoms with van der Waals surface area (Å²) in [4.78, 5) is 8.43. The highest BCUT2D eigenvalue weighted by Crippen LogP contribution is 2.31. The number of aromatic nitrogens is 4. The lowest BCUT2D eigenvalue weighted by atomic mass is 10.2. The predicted molar refractivity (Wildman–Crippen MR) is 101 cm³/mol. The molecule has 0 radical (unpaired) electrons. The molecule has 0 aliphatic rings. The average Bonchev–Trinajstić information content (AvgIpc) is 3.34. The van der Waals surface area contributed by atoms with Crippen molar-refractivity contribution in [3.8, 4) is 17.2 Å². The summed E-state index contributed by atoms with van der Waals surface area (Å²) >= 11 is 0. The molecule has 0 spiro atoms. The number of furan rings is 1. The second-order valence-corrected chi connectivity index (χ2v) is 7.43. The van der Waals surface area contributed by atoms with E-state index in [0.29, 0.717) is 39.6 Å². The Hall–Kier alpha value is -3.44. The first-order valence-corrected chi connectivity index (χ1v) is 9.68. The molecule has 4 N–H and O–H groups in total. The third kappa shape index (κ3) is 3.28. The molecule has 0 aliphatic heterocycles. The zero-order valence-corrected chi connectivity index (χ0v) is 15.5. The number of methoxy groups -OCH3 is 1. The van der Waals surface area contributed by atoms with Gasteiger partial charge in [0.25, 0.3) is 0 Å². The SMILES string of the molecule is COc1ccc(S(N)(=O)=O)cc1CNc1ncnc2n[nH]c(-c3ccco3)c12. The molecular formula is C17H16N6O4S. The fourth-order valence-corrected chi connectivity index (χ4v) is 3.40. The zero-order valence-electron chi connectivity index (χ0n) is 14.7. The van der Waals surface area contributed by atoms with Crippen molar-refractivity contribution in [1.82, 2.24) is 20.2 Å². The summed E-state index contributed by atoms with van der Waals surface area (Å²) in [5.41, 5.74) is 1.70. The van der Waals surface area contributed by atoms with Crippen LogP contribution in [0.4, 0.5) is 5.82 Å². The van der Waals surface area contributed by atoms with E-state index in [1.807, 2.05) is 0 Å². The topological polar surface area (TPSA) is 149 Å². The Morgan fingerprint density at radius 2 is 2.14 bits per heavy atom. The molecule has 0 unspecified atom stereocenters. The number of sulfonamides is 1. The smallest absolute Gasteiger partial charge is 0.238 e. The maximum atomic E-state index is 11.6. The monoisotopic (exact) mass is 400 g/mol. The van der Waals surface area contributed by atoms with Gasteiger partial charge in [-0.05, 0) is 30.3 Å². The van der Waals surface area contributed by atoms with Gasteiger partial charge in [0.05, 0.1) is 23.7 Å². The predicted octanol–water partition coefficient (Wildman–Crippen LogP) is 1.88. The molecule has 0 bridgehead atoms. The summed E-state index contributed by atoms with van der Waals surface area (Å²) in [6.45, 7) is 0.238. The second-order valence-electron chi connectivity index (χ2n) is 5.87. The van der Waals surface area contributed by atoms with Crippen molar-refractivity contribution in [3.05, 3.63) is 48.5 Å². The third-order valence-electron chi connectivity index (χ3n) is 4.15. The van der Waals surface area contributed by atoms with Crippen LogP contribution in [0.2, 0.25) is 0 Å². The molecule has 11 heteroatoms. The zero-order chi connectivity index (χ0) is 19.7. The first-order valence-electron chi connectivity index (χ1n) is 8.14. The summed E-state index contributed by atoms with van der Waals surface area (Å²) < 4.78 is 34.0. The van der Waals surface area contributed by atoms with Gasteiger partial charge in [-0.1, -0.05) is 0 Å².